The third kappa shape index (κ3) is 15.6. The van der Waals surface area contributed by atoms with E-state index in [0.717, 1.165) is 31.4 Å². The summed E-state index contributed by atoms with van der Waals surface area (Å²) in [5.74, 6) is 0.269. The first-order valence-corrected chi connectivity index (χ1v) is 6.31. The molecule has 16 heavy (non-hydrogen) atoms. The second kappa shape index (κ2) is 14.1. The third-order valence-corrected chi connectivity index (χ3v) is 2.00. The minimum absolute atomic E-state index is 0.269. The van der Waals surface area contributed by atoms with E-state index in [9.17, 15) is 4.79 Å². The summed E-state index contributed by atoms with van der Waals surface area (Å²) in [6.45, 7) is 10.3. The van der Waals surface area contributed by atoms with E-state index in [2.05, 4.69) is 12.1 Å². The Morgan fingerprint density at radius 2 is 1.75 bits per heavy atom. The molecule has 0 aromatic rings. The van der Waals surface area contributed by atoms with E-state index in [-0.39, 0.29) is 5.78 Å². The van der Waals surface area contributed by atoms with Crippen LogP contribution in [0, 0.1) is 0 Å². The average Bonchev–Trinajstić information content (AvgIpc) is 2.29. The lowest BCUT2D eigenvalue weighted by molar-refractivity contribution is -0.117. The molecule has 3 nitrogen and oxygen atoms in total. The molecule has 0 atom stereocenters. The van der Waals surface area contributed by atoms with E-state index >= 15 is 0 Å². The van der Waals surface area contributed by atoms with Crippen LogP contribution < -0.4 is 0 Å². The molecule has 0 spiro atoms. The zero-order valence-corrected chi connectivity index (χ0v) is 11.5. The maximum absolute atomic E-state index is 10.6. The van der Waals surface area contributed by atoms with Crippen LogP contribution in [0.3, 0.4) is 0 Å². The fraction of sp³-hybridized carbons (Fsp3) is 0.846. The Morgan fingerprint density at radius 3 is 2.25 bits per heavy atom. The Balaban J connectivity index is 0. The van der Waals surface area contributed by atoms with Crippen molar-refractivity contribution >= 4 is 11.5 Å². The zero-order chi connectivity index (χ0) is 12.8. The van der Waals surface area contributed by atoms with E-state index in [1.807, 2.05) is 20.8 Å². The molecule has 0 heterocycles. The van der Waals surface area contributed by atoms with Gasteiger partial charge in [0.2, 0.25) is 0 Å². The number of carbonyl (C=O) groups is 1. The van der Waals surface area contributed by atoms with Gasteiger partial charge in [-0.25, -0.2) is 0 Å². The van der Waals surface area contributed by atoms with Crippen LogP contribution in [-0.4, -0.2) is 18.1 Å². The maximum atomic E-state index is 10.6. The van der Waals surface area contributed by atoms with Gasteiger partial charge in [-0.15, -0.1) is 0 Å². The van der Waals surface area contributed by atoms with Gasteiger partial charge in [-0.3, -0.25) is 0 Å². The lowest BCUT2D eigenvalue weighted by Gasteiger charge is -2.00. The Hall–Kier alpha value is -0.860. The van der Waals surface area contributed by atoms with Gasteiger partial charge in [0.05, 0.1) is 5.71 Å². The lowest BCUT2D eigenvalue weighted by atomic mass is 10.1. The van der Waals surface area contributed by atoms with Crippen LogP contribution in [0.25, 0.3) is 0 Å². The Morgan fingerprint density at radius 1 is 1.12 bits per heavy atom. The van der Waals surface area contributed by atoms with E-state index in [1.54, 1.807) is 6.92 Å². The predicted molar refractivity (Wildman–Crippen MR) is 69.8 cm³/mol. The van der Waals surface area contributed by atoms with Gasteiger partial charge < -0.3 is 9.63 Å². The summed E-state index contributed by atoms with van der Waals surface area (Å²) in [6, 6.07) is 0. The van der Waals surface area contributed by atoms with Crippen LogP contribution in [-0.2, 0) is 9.63 Å². The summed E-state index contributed by atoms with van der Waals surface area (Å²) in [5.41, 5.74) is 1.02. The van der Waals surface area contributed by atoms with Crippen molar-refractivity contribution in [1.82, 2.24) is 0 Å². The van der Waals surface area contributed by atoms with E-state index < -0.39 is 0 Å². The van der Waals surface area contributed by atoms with Crippen molar-refractivity contribution < 1.29 is 9.63 Å². The summed E-state index contributed by atoms with van der Waals surface area (Å²) in [7, 11) is 0. The molecule has 0 bridgehead atoms. The molecule has 0 N–H and O–H groups in total. The van der Waals surface area contributed by atoms with Crippen molar-refractivity contribution in [2.24, 2.45) is 5.16 Å². The molecule has 0 saturated heterocycles. The molecular formula is C13H27NO2. The van der Waals surface area contributed by atoms with E-state index in [0.29, 0.717) is 13.0 Å². The number of hydrogen-bond donors (Lipinski definition) is 0. The number of Topliss-reactive ketones (excluding diaryl/α,β-unsaturated/α-hetero) is 1. The highest BCUT2D eigenvalue weighted by Crippen LogP contribution is 2.00. The zero-order valence-electron chi connectivity index (χ0n) is 11.5. The van der Waals surface area contributed by atoms with Crippen molar-refractivity contribution in [3.05, 3.63) is 0 Å². The van der Waals surface area contributed by atoms with Gasteiger partial charge in [-0.05, 0) is 39.5 Å². The number of ketones is 1. The number of unbranched alkanes of at least 4 members (excludes halogenated alkanes) is 2. The van der Waals surface area contributed by atoms with Crippen molar-refractivity contribution in [1.29, 1.82) is 0 Å². The monoisotopic (exact) mass is 229 g/mol. The van der Waals surface area contributed by atoms with Gasteiger partial charge in [-0.2, -0.15) is 0 Å². The highest BCUT2D eigenvalue weighted by molar-refractivity contribution is 5.80. The fourth-order valence-electron chi connectivity index (χ4n) is 0.938. The quantitative estimate of drug-likeness (QED) is 0.359. The first-order chi connectivity index (χ1) is 7.66. The minimum atomic E-state index is 0.269. The van der Waals surface area contributed by atoms with Crippen LogP contribution in [0.2, 0.25) is 0 Å². The number of hydrogen-bond acceptors (Lipinski definition) is 3. The normalized spacial score (nSPS) is 10.4. The average molecular weight is 229 g/mol. The Bertz CT molecular complexity index is 188. The molecule has 0 aliphatic rings. The molecule has 3 heteroatoms. The Kier molecular flexibility index (Phi) is 15.5. The summed E-state index contributed by atoms with van der Waals surface area (Å²) < 4.78 is 0. The third-order valence-electron chi connectivity index (χ3n) is 2.00. The molecule has 0 amide bonds. The molecule has 0 aromatic heterocycles. The lowest BCUT2D eigenvalue weighted by Crippen LogP contribution is -1.94. The summed E-state index contributed by atoms with van der Waals surface area (Å²) >= 11 is 0. The highest BCUT2D eigenvalue weighted by atomic mass is 16.6. The standard InChI is InChI=1S/C11H21NO2.C2H6/c1-4-10(2)12-14-9-7-5-6-8-11(3)13;1-2/h4-9H2,1-3H3;1-2H3/b12-10+;. The highest BCUT2D eigenvalue weighted by Gasteiger charge is 1.94. The SMILES string of the molecule is CC.CC/C(C)=N/OCCCCCC(C)=O. The Labute approximate surface area is 100 Å². The molecule has 0 unspecified atom stereocenters. The van der Waals surface area contributed by atoms with Gasteiger partial charge in [0.15, 0.2) is 0 Å². The van der Waals surface area contributed by atoms with Crippen LogP contribution >= 0.6 is 0 Å². The van der Waals surface area contributed by atoms with Gasteiger partial charge in [-0.1, -0.05) is 25.9 Å². The molecule has 96 valence electrons. The summed E-state index contributed by atoms with van der Waals surface area (Å²) in [4.78, 5) is 15.7. The minimum Gasteiger partial charge on any atom is -0.396 e. The van der Waals surface area contributed by atoms with E-state index in [4.69, 9.17) is 4.84 Å². The number of oxime groups is 1. The molecule has 0 aliphatic heterocycles. The summed E-state index contributed by atoms with van der Waals surface area (Å²) in [6.07, 6.45) is 4.62. The first-order valence-electron chi connectivity index (χ1n) is 6.31. The maximum Gasteiger partial charge on any atom is 0.129 e. The van der Waals surface area contributed by atoms with E-state index in [1.165, 1.54) is 0 Å². The topological polar surface area (TPSA) is 38.7 Å². The van der Waals surface area contributed by atoms with Gasteiger partial charge in [0, 0.05) is 6.42 Å². The largest absolute Gasteiger partial charge is 0.396 e. The van der Waals surface area contributed by atoms with Crippen LogP contribution in [0.4, 0.5) is 0 Å². The second-order valence-electron chi connectivity index (χ2n) is 3.53. The van der Waals surface area contributed by atoms with Gasteiger partial charge in [0.1, 0.15) is 12.4 Å². The van der Waals surface area contributed by atoms with Crippen LogP contribution in [0.1, 0.15) is 66.7 Å². The van der Waals surface area contributed by atoms with Gasteiger partial charge in [0.25, 0.3) is 0 Å². The van der Waals surface area contributed by atoms with Crippen molar-refractivity contribution in [2.45, 2.75) is 66.7 Å². The van der Waals surface area contributed by atoms with Crippen molar-refractivity contribution in [2.75, 3.05) is 6.61 Å². The molecule has 0 radical (unpaired) electrons. The molecule has 0 fully saturated rings. The second-order valence-corrected chi connectivity index (χ2v) is 3.53. The van der Waals surface area contributed by atoms with Crippen molar-refractivity contribution in [3.63, 3.8) is 0 Å². The number of nitrogens with zero attached hydrogens (tertiary/aromatic N) is 1. The molecule has 0 saturated carbocycles. The van der Waals surface area contributed by atoms with Crippen LogP contribution in [0.5, 0.6) is 0 Å². The summed E-state index contributed by atoms with van der Waals surface area (Å²) in [5, 5.41) is 3.93. The van der Waals surface area contributed by atoms with Crippen molar-refractivity contribution in [3.8, 4) is 0 Å². The van der Waals surface area contributed by atoms with Crippen LogP contribution in [0.15, 0.2) is 5.16 Å². The fourth-order valence-corrected chi connectivity index (χ4v) is 0.938. The molecule has 0 aliphatic carbocycles. The number of carbonyl (C=O) groups excluding carboxylic acids is 1. The molecule has 0 rings (SSSR count). The first kappa shape index (κ1) is 17.5. The van der Waals surface area contributed by atoms with Gasteiger partial charge >= 0.3 is 0 Å². The smallest absolute Gasteiger partial charge is 0.129 e. The predicted octanol–water partition coefficient (Wildman–Crippen LogP) is 3.96. The number of rotatable bonds is 8. The molecular weight excluding hydrogens is 202 g/mol. The molecule has 0 aromatic carbocycles.